The summed E-state index contributed by atoms with van der Waals surface area (Å²) in [6, 6.07) is -5.61. The van der Waals surface area contributed by atoms with Crippen LogP contribution in [0.4, 0.5) is 0 Å². The van der Waals surface area contributed by atoms with Crippen molar-refractivity contribution in [1.29, 1.82) is 0 Å². The first-order chi connectivity index (χ1) is 29.4. The lowest BCUT2D eigenvalue weighted by Gasteiger charge is -2.56. The number of amides is 8. The van der Waals surface area contributed by atoms with Gasteiger partial charge in [0.05, 0.1) is 18.6 Å². The molecule has 2 heterocycles. The number of guanidine groups is 1. The van der Waals surface area contributed by atoms with Crippen LogP contribution in [0.15, 0.2) is 16.3 Å². The number of carbonyl (C=O) groups is 11. The number of ether oxygens (including phenoxy) is 1. The third-order valence-electron chi connectivity index (χ3n) is 9.43. The van der Waals surface area contributed by atoms with Crippen molar-refractivity contribution < 1.29 is 72.8 Å². The van der Waals surface area contributed by atoms with Crippen LogP contribution in [-0.2, 0) is 57.5 Å². The average Bonchev–Trinajstić information content (AvgIpc) is 3.18. The number of aliphatic hydroxyl groups is 1. The van der Waals surface area contributed by atoms with Gasteiger partial charge in [0, 0.05) is 44.2 Å². The molecule has 0 spiro atoms. The number of hydrogen-bond donors (Lipinski definition) is 12. The third-order valence-corrected chi connectivity index (χ3v) is 10.8. The molecule has 350 valence electrons. The molecule has 2 aliphatic heterocycles. The average molecular weight is 914 g/mol. The van der Waals surface area contributed by atoms with Crippen LogP contribution < -0.4 is 48.7 Å². The predicted octanol–water partition coefficient (Wildman–Crippen LogP) is -5.08. The van der Waals surface area contributed by atoms with Gasteiger partial charge in [0.2, 0.25) is 47.5 Å². The van der Waals surface area contributed by atoms with Crippen molar-refractivity contribution in [3.05, 3.63) is 11.3 Å². The van der Waals surface area contributed by atoms with Gasteiger partial charge in [-0.3, -0.25) is 58.4 Å². The highest BCUT2D eigenvalue weighted by atomic mass is 32.2. The van der Waals surface area contributed by atoms with E-state index in [-0.39, 0.29) is 62.3 Å². The van der Waals surface area contributed by atoms with Crippen LogP contribution in [0.3, 0.4) is 0 Å². The SMILES string of the molecule is CC(=O)NC(CCCC(=O)NC1(NC=O)C(=O)N2C(C(=O)O)=C(COC(=O)CC(O)C(CCCN=C(N)N)N[C@@H](C)C(=O)NC(=O)[C@H](C)NC(=O)[C@H](C)NC(C)=O)CSC21)C(=O)O. The molecule has 0 aromatic heterocycles. The molecule has 8 atom stereocenters. The number of aliphatic hydroxyl groups excluding tert-OH is 1. The monoisotopic (exact) mass is 913 g/mol. The Morgan fingerprint density at radius 2 is 1.54 bits per heavy atom. The van der Waals surface area contributed by atoms with Gasteiger partial charge in [0.15, 0.2) is 5.96 Å². The van der Waals surface area contributed by atoms with E-state index in [1.807, 2.05) is 0 Å². The number of imide groups is 1. The fourth-order valence-electron chi connectivity index (χ4n) is 6.31. The highest BCUT2D eigenvalue weighted by Crippen LogP contribution is 2.45. The molecule has 1 saturated heterocycles. The highest BCUT2D eigenvalue weighted by Gasteiger charge is 2.66. The molecule has 27 heteroatoms. The lowest BCUT2D eigenvalue weighted by Crippen LogP contribution is -2.85. The van der Waals surface area contributed by atoms with Crippen LogP contribution in [0.25, 0.3) is 0 Å². The molecule has 8 amide bonds. The lowest BCUT2D eigenvalue weighted by atomic mass is 9.94. The molecule has 5 unspecified atom stereocenters. The van der Waals surface area contributed by atoms with E-state index < -0.39 is 125 Å². The molecule has 2 rings (SSSR count). The van der Waals surface area contributed by atoms with Gasteiger partial charge in [-0.05, 0) is 46.5 Å². The molecule has 0 aromatic carbocycles. The molecule has 0 aromatic rings. The number of nitrogens with two attached hydrogens (primary N) is 2. The second-order valence-corrected chi connectivity index (χ2v) is 15.6. The number of carbonyl (C=O) groups excluding carboxylic acids is 9. The number of nitrogens with zero attached hydrogens (tertiary/aromatic N) is 2. The number of thioether (sulfide) groups is 1. The molecule has 14 N–H and O–H groups in total. The van der Waals surface area contributed by atoms with Gasteiger partial charge in [-0.15, -0.1) is 11.8 Å². The topological polar surface area (TPSA) is 410 Å². The smallest absolute Gasteiger partial charge is 0.352 e. The largest absolute Gasteiger partial charge is 0.480 e. The standard InChI is InChI=1S/C36H55N11O15S/c1-16(41-19(4)49)28(54)43-18(3)30(56)45-29(55)17(2)42-22(9-7-11-39-35(37)38)24(51)12-26(53)62-13-21-14-63-34-36(40-15-48,33(61)47(34)27(21)32(59)60)46-25(52)10-6-8-23(31(57)58)44-20(5)50/h15-18,22-24,34,42,51H,6-14H2,1-5H3,(H,40,48)(H,41,49)(H,43,54)(H,44,50)(H,46,52)(H,57,58)(H,59,60)(H4,37,38,39)(H,45,55,56)/t16-,17-,18-,22?,23?,24?,34?,36?/m0/s1. The van der Waals surface area contributed by atoms with Gasteiger partial charge in [-0.1, -0.05) is 0 Å². The first-order valence-corrected chi connectivity index (χ1v) is 20.5. The van der Waals surface area contributed by atoms with Crippen molar-refractivity contribution in [3.8, 4) is 0 Å². The van der Waals surface area contributed by atoms with Gasteiger partial charge in [-0.25, -0.2) is 9.59 Å². The number of β-lactam (4-membered cyclic amide) rings is 1. The van der Waals surface area contributed by atoms with Gasteiger partial charge in [0.25, 0.3) is 5.91 Å². The molecular weight excluding hydrogens is 859 g/mol. The summed E-state index contributed by atoms with van der Waals surface area (Å²) in [5, 5.41) is 45.9. The van der Waals surface area contributed by atoms with Crippen molar-refractivity contribution >= 4 is 83.4 Å². The van der Waals surface area contributed by atoms with E-state index in [0.29, 0.717) is 0 Å². The van der Waals surface area contributed by atoms with Crippen LogP contribution in [-0.4, -0.2) is 158 Å². The summed E-state index contributed by atoms with van der Waals surface area (Å²) in [6.45, 7) is 5.85. The summed E-state index contributed by atoms with van der Waals surface area (Å²) >= 11 is 0.925. The van der Waals surface area contributed by atoms with E-state index in [1.54, 1.807) is 0 Å². The molecule has 1 fully saturated rings. The van der Waals surface area contributed by atoms with Crippen LogP contribution in [0.1, 0.15) is 73.1 Å². The van der Waals surface area contributed by atoms with Crippen molar-refractivity contribution in [2.24, 2.45) is 16.5 Å². The first kappa shape index (κ1) is 52.8. The molecule has 26 nitrogen and oxygen atoms in total. The molecule has 63 heavy (non-hydrogen) atoms. The zero-order valence-electron chi connectivity index (χ0n) is 35.2. The quantitative estimate of drug-likeness (QED) is 0.00735. The van der Waals surface area contributed by atoms with Crippen molar-refractivity contribution in [3.63, 3.8) is 0 Å². The summed E-state index contributed by atoms with van der Waals surface area (Å²) in [7, 11) is 0. The van der Waals surface area contributed by atoms with Gasteiger partial charge in [0.1, 0.15) is 35.8 Å². The third kappa shape index (κ3) is 15.5. The number of carboxylic acids is 2. The second kappa shape index (κ2) is 24.3. The van der Waals surface area contributed by atoms with Crippen LogP contribution >= 0.6 is 11.8 Å². The van der Waals surface area contributed by atoms with Crippen LogP contribution in [0.2, 0.25) is 0 Å². The summed E-state index contributed by atoms with van der Waals surface area (Å²) in [4.78, 5) is 140. The molecular formula is C36H55N11O15S. The first-order valence-electron chi connectivity index (χ1n) is 19.5. The summed E-state index contributed by atoms with van der Waals surface area (Å²) in [5.74, 6) is -9.64. The van der Waals surface area contributed by atoms with Crippen molar-refractivity contribution in [1.82, 2.24) is 42.1 Å². The van der Waals surface area contributed by atoms with E-state index in [4.69, 9.17) is 16.2 Å². The molecule has 0 bridgehead atoms. The van der Waals surface area contributed by atoms with E-state index in [9.17, 15) is 68.1 Å². The Bertz CT molecular complexity index is 1860. The second-order valence-electron chi connectivity index (χ2n) is 14.6. The predicted molar refractivity (Wildman–Crippen MR) is 219 cm³/mol. The lowest BCUT2D eigenvalue weighted by molar-refractivity contribution is -0.162. The van der Waals surface area contributed by atoms with Crippen LogP contribution in [0.5, 0.6) is 0 Å². The minimum atomic E-state index is -2.08. The van der Waals surface area contributed by atoms with E-state index in [1.165, 1.54) is 27.7 Å². The number of esters is 1. The van der Waals surface area contributed by atoms with Crippen LogP contribution in [0, 0.1) is 0 Å². The van der Waals surface area contributed by atoms with E-state index in [2.05, 4.69) is 42.2 Å². The number of carboxylic acid groups (broad SMARTS) is 2. The minimum Gasteiger partial charge on any atom is -0.480 e. The Hall–Kier alpha value is -6.35. The molecule has 2 aliphatic rings. The van der Waals surface area contributed by atoms with E-state index >= 15 is 0 Å². The summed E-state index contributed by atoms with van der Waals surface area (Å²) in [5.41, 5.74) is 8.06. The zero-order valence-corrected chi connectivity index (χ0v) is 36.0. The summed E-state index contributed by atoms with van der Waals surface area (Å²) < 4.78 is 5.31. The number of fused-ring (bicyclic) bond motifs is 1. The summed E-state index contributed by atoms with van der Waals surface area (Å²) in [6.07, 6.45) is -2.27. The van der Waals surface area contributed by atoms with Gasteiger partial charge < -0.3 is 63.4 Å². The fourth-order valence-corrected chi connectivity index (χ4v) is 7.72. The Labute approximate surface area is 364 Å². The Morgan fingerprint density at radius 1 is 0.921 bits per heavy atom. The fraction of sp³-hybridized carbons (Fsp3) is 0.611. The Morgan fingerprint density at radius 3 is 2.11 bits per heavy atom. The zero-order chi connectivity index (χ0) is 47.8. The maximum Gasteiger partial charge on any atom is 0.352 e. The molecule has 0 saturated carbocycles. The van der Waals surface area contributed by atoms with Crippen molar-refractivity contribution in [2.75, 3.05) is 18.9 Å². The van der Waals surface area contributed by atoms with E-state index in [0.717, 1.165) is 23.6 Å². The normalized spacial score (nSPS) is 19.4. The Kier molecular flexibility index (Phi) is 20.4. The number of hydrogen-bond acceptors (Lipinski definition) is 16. The molecule has 0 aliphatic carbocycles. The van der Waals surface area contributed by atoms with Gasteiger partial charge in [-0.2, -0.15) is 0 Å². The van der Waals surface area contributed by atoms with Crippen molar-refractivity contribution in [2.45, 2.75) is 120 Å². The Balaban J connectivity index is 2.12. The molecule has 0 radical (unpaired) electrons. The highest BCUT2D eigenvalue weighted by molar-refractivity contribution is 8.00. The number of rotatable bonds is 26. The maximum atomic E-state index is 13.5. The number of aliphatic carboxylic acids is 2. The number of nitrogens with one attached hydrogen (secondary N) is 7. The number of aliphatic imine (C=N–C) groups is 1. The maximum absolute atomic E-state index is 13.5. The van der Waals surface area contributed by atoms with Gasteiger partial charge >= 0.3 is 17.9 Å². The minimum absolute atomic E-state index is 0.0412.